The molecule has 1 aromatic carbocycles. The molecular formula is C14H20ClNO3. The molecule has 0 spiro atoms. The Morgan fingerprint density at radius 1 is 1.32 bits per heavy atom. The Bertz CT molecular complexity index is 458. The highest BCUT2D eigenvalue weighted by molar-refractivity contribution is 6.31. The van der Waals surface area contributed by atoms with E-state index in [-0.39, 0.29) is 11.6 Å². The molecule has 0 radical (unpaired) electrons. The molecule has 1 fully saturated rings. The van der Waals surface area contributed by atoms with E-state index in [4.69, 9.17) is 31.5 Å². The number of hydrogen-bond donors (Lipinski definition) is 1. The van der Waals surface area contributed by atoms with Crippen LogP contribution in [0.1, 0.15) is 31.4 Å². The maximum absolute atomic E-state index is 6.34. The van der Waals surface area contributed by atoms with Crippen LogP contribution in [0.25, 0.3) is 0 Å². The van der Waals surface area contributed by atoms with E-state index < -0.39 is 0 Å². The monoisotopic (exact) mass is 285 g/mol. The third-order valence-corrected chi connectivity index (χ3v) is 4.07. The van der Waals surface area contributed by atoms with Crippen LogP contribution in [0.2, 0.25) is 5.02 Å². The fraction of sp³-hybridized carbons (Fsp3) is 0.571. The Balaban J connectivity index is 2.38. The zero-order valence-electron chi connectivity index (χ0n) is 11.5. The Morgan fingerprint density at radius 3 is 2.47 bits per heavy atom. The van der Waals surface area contributed by atoms with Gasteiger partial charge in [0.2, 0.25) is 0 Å². The van der Waals surface area contributed by atoms with E-state index in [0.29, 0.717) is 16.5 Å². The predicted molar refractivity (Wildman–Crippen MR) is 75.1 cm³/mol. The van der Waals surface area contributed by atoms with Gasteiger partial charge in [0.05, 0.1) is 25.9 Å². The van der Waals surface area contributed by atoms with Gasteiger partial charge in [-0.05, 0) is 31.4 Å². The van der Waals surface area contributed by atoms with E-state index in [9.17, 15) is 0 Å². The molecule has 0 saturated carbocycles. The van der Waals surface area contributed by atoms with Gasteiger partial charge in [0.25, 0.3) is 0 Å². The maximum atomic E-state index is 6.34. The molecule has 19 heavy (non-hydrogen) atoms. The van der Waals surface area contributed by atoms with Gasteiger partial charge in [-0.2, -0.15) is 0 Å². The molecular weight excluding hydrogens is 266 g/mol. The number of benzene rings is 1. The highest BCUT2D eigenvalue weighted by Crippen LogP contribution is 2.42. The fourth-order valence-electron chi connectivity index (χ4n) is 2.48. The summed E-state index contributed by atoms with van der Waals surface area (Å²) in [7, 11) is 3.17. The van der Waals surface area contributed by atoms with Crippen LogP contribution in [0, 0.1) is 0 Å². The van der Waals surface area contributed by atoms with Crippen LogP contribution in [0.3, 0.4) is 0 Å². The second-order valence-corrected chi connectivity index (χ2v) is 5.38. The van der Waals surface area contributed by atoms with Crippen molar-refractivity contribution in [2.24, 2.45) is 5.73 Å². The summed E-state index contributed by atoms with van der Waals surface area (Å²) in [6, 6.07) is 3.27. The molecule has 4 nitrogen and oxygen atoms in total. The van der Waals surface area contributed by atoms with E-state index in [1.165, 1.54) is 0 Å². The second-order valence-electron chi connectivity index (χ2n) is 4.97. The van der Waals surface area contributed by atoms with Crippen LogP contribution < -0.4 is 15.2 Å². The van der Waals surface area contributed by atoms with Gasteiger partial charge in [-0.1, -0.05) is 11.6 Å². The van der Waals surface area contributed by atoms with Crippen LogP contribution >= 0.6 is 11.6 Å². The summed E-state index contributed by atoms with van der Waals surface area (Å²) in [6.45, 7) is 2.77. The first-order chi connectivity index (χ1) is 9.01. The molecule has 2 N–H and O–H groups in total. The zero-order valence-corrected chi connectivity index (χ0v) is 12.3. The molecule has 2 atom stereocenters. The number of rotatable bonds is 4. The van der Waals surface area contributed by atoms with Gasteiger partial charge in [-0.25, -0.2) is 0 Å². The maximum Gasteiger partial charge on any atom is 0.162 e. The molecule has 5 heteroatoms. The number of ether oxygens (including phenoxy) is 3. The number of nitrogens with two attached hydrogens (primary N) is 1. The molecule has 2 rings (SSSR count). The topological polar surface area (TPSA) is 53.7 Å². The van der Waals surface area contributed by atoms with Crippen molar-refractivity contribution in [2.45, 2.75) is 31.4 Å². The number of halogens is 1. The summed E-state index contributed by atoms with van der Waals surface area (Å²) < 4.78 is 16.3. The van der Waals surface area contributed by atoms with Crippen molar-refractivity contribution in [3.63, 3.8) is 0 Å². The smallest absolute Gasteiger partial charge is 0.162 e. The van der Waals surface area contributed by atoms with Crippen molar-refractivity contribution in [1.29, 1.82) is 0 Å². The van der Waals surface area contributed by atoms with Crippen molar-refractivity contribution in [2.75, 3.05) is 20.8 Å². The van der Waals surface area contributed by atoms with Crippen molar-refractivity contribution >= 4 is 11.6 Å². The summed E-state index contributed by atoms with van der Waals surface area (Å²) in [6.07, 6.45) is 1.95. The van der Waals surface area contributed by atoms with Gasteiger partial charge in [0.1, 0.15) is 0 Å². The first-order valence-corrected chi connectivity index (χ1v) is 6.70. The lowest BCUT2D eigenvalue weighted by atomic mass is 9.88. The Kier molecular flexibility index (Phi) is 4.23. The minimum Gasteiger partial charge on any atom is -0.493 e. The lowest BCUT2D eigenvalue weighted by Crippen LogP contribution is -2.37. The number of methoxy groups -OCH3 is 2. The average molecular weight is 286 g/mol. The van der Waals surface area contributed by atoms with Crippen molar-refractivity contribution < 1.29 is 14.2 Å². The van der Waals surface area contributed by atoms with E-state index in [2.05, 4.69) is 0 Å². The van der Waals surface area contributed by atoms with Crippen molar-refractivity contribution in [3.8, 4) is 11.5 Å². The van der Waals surface area contributed by atoms with Crippen LogP contribution in [-0.2, 0) is 4.74 Å². The van der Waals surface area contributed by atoms with Crippen molar-refractivity contribution in [3.05, 3.63) is 22.7 Å². The summed E-state index contributed by atoms with van der Waals surface area (Å²) in [5.41, 5.74) is 6.80. The van der Waals surface area contributed by atoms with Gasteiger partial charge in [0, 0.05) is 17.7 Å². The largest absolute Gasteiger partial charge is 0.493 e. The van der Waals surface area contributed by atoms with Crippen LogP contribution in [0.4, 0.5) is 0 Å². The van der Waals surface area contributed by atoms with E-state index >= 15 is 0 Å². The highest BCUT2D eigenvalue weighted by atomic mass is 35.5. The summed E-state index contributed by atoms with van der Waals surface area (Å²) >= 11 is 6.30. The molecule has 0 aromatic heterocycles. The Hall–Kier alpha value is -0.970. The molecule has 0 amide bonds. The molecule has 1 aromatic rings. The van der Waals surface area contributed by atoms with E-state index in [0.717, 1.165) is 25.0 Å². The second kappa shape index (κ2) is 5.57. The molecule has 1 saturated heterocycles. The first kappa shape index (κ1) is 14.4. The van der Waals surface area contributed by atoms with Gasteiger partial charge in [-0.3, -0.25) is 0 Å². The van der Waals surface area contributed by atoms with Gasteiger partial charge in [0.15, 0.2) is 11.5 Å². The quantitative estimate of drug-likeness (QED) is 0.924. The number of hydrogen-bond acceptors (Lipinski definition) is 4. The summed E-state index contributed by atoms with van der Waals surface area (Å²) in [5.74, 6) is 1.22. The Labute approximate surface area is 118 Å². The molecule has 0 aliphatic carbocycles. The predicted octanol–water partition coefficient (Wildman–Crippen LogP) is 2.93. The molecule has 0 bridgehead atoms. The first-order valence-electron chi connectivity index (χ1n) is 6.33. The molecule has 106 valence electrons. The van der Waals surface area contributed by atoms with E-state index in [1.54, 1.807) is 20.3 Å². The van der Waals surface area contributed by atoms with Crippen molar-refractivity contribution in [1.82, 2.24) is 0 Å². The SMILES string of the molecule is COc1cc(Cl)c(C(N)C2(C)CCCO2)cc1OC. The lowest BCUT2D eigenvalue weighted by Gasteiger charge is -2.31. The zero-order chi connectivity index (χ0) is 14.0. The highest BCUT2D eigenvalue weighted by Gasteiger charge is 2.38. The molecule has 1 aliphatic heterocycles. The lowest BCUT2D eigenvalue weighted by molar-refractivity contribution is -0.00176. The molecule has 1 aliphatic rings. The van der Waals surface area contributed by atoms with Gasteiger partial charge in [-0.15, -0.1) is 0 Å². The molecule has 1 heterocycles. The Morgan fingerprint density at radius 2 is 1.95 bits per heavy atom. The molecule has 2 unspecified atom stereocenters. The average Bonchev–Trinajstić information content (AvgIpc) is 2.85. The fourth-order valence-corrected chi connectivity index (χ4v) is 2.75. The third-order valence-electron chi connectivity index (χ3n) is 3.75. The van der Waals surface area contributed by atoms with Crippen LogP contribution in [-0.4, -0.2) is 26.4 Å². The minimum absolute atomic E-state index is 0.290. The standard InChI is InChI=1S/C14H20ClNO3/c1-14(5-4-6-19-14)13(16)9-7-11(17-2)12(18-3)8-10(9)15/h7-8,13H,4-6,16H2,1-3H3. The summed E-state index contributed by atoms with van der Waals surface area (Å²) in [4.78, 5) is 0. The minimum atomic E-state index is -0.372. The van der Waals surface area contributed by atoms with Gasteiger partial charge < -0.3 is 19.9 Å². The van der Waals surface area contributed by atoms with Gasteiger partial charge >= 0.3 is 0 Å². The van der Waals surface area contributed by atoms with E-state index in [1.807, 2.05) is 13.0 Å². The van der Waals surface area contributed by atoms with Crippen LogP contribution in [0.15, 0.2) is 12.1 Å². The normalized spacial score (nSPS) is 24.3. The summed E-state index contributed by atoms with van der Waals surface area (Å²) in [5, 5.41) is 0.571. The van der Waals surface area contributed by atoms with Crippen LogP contribution in [0.5, 0.6) is 11.5 Å². The third kappa shape index (κ3) is 2.66.